The second-order valence-electron chi connectivity index (χ2n) is 6.39. The van der Waals surface area contributed by atoms with Gasteiger partial charge in [0.1, 0.15) is 5.69 Å². The van der Waals surface area contributed by atoms with E-state index in [1.54, 1.807) is 0 Å². The van der Waals surface area contributed by atoms with Gasteiger partial charge in [0, 0.05) is 37.6 Å². The molecule has 0 bridgehead atoms. The Morgan fingerprint density at radius 3 is 2.67 bits per heavy atom. The lowest BCUT2D eigenvalue weighted by atomic mass is 9.58. The molecule has 9 heteroatoms. The number of nitrogens with zero attached hydrogens (tertiary/aromatic N) is 2. The van der Waals surface area contributed by atoms with Crippen molar-refractivity contribution in [1.29, 1.82) is 0 Å². The zero-order chi connectivity index (χ0) is 17.5. The first kappa shape index (κ1) is 17.2. The summed E-state index contributed by atoms with van der Waals surface area (Å²) in [6.45, 7) is 3.20. The van der Waals surface area contributed by atoms with Gasteiger partial charge in [-0.3, -0.25) is 9.89 Å². The van der Waals surface area contributed by atoms with Crippen LogP contribution < -0.4 is 0 Å². The van der Waals surface area contributed by atoms with E-state index in [-0.39, 0.29) is 17.2 Å². The van der Waals surface area contributed by atoms with Crippen LogP contribution in [-0.2, 0) is 10.9 Å². The van der Waals surface area contributed by atoms with Gasteiger partial charge in [0.2, 0.25) is 0 Å². The number of aromatic amines is 1. The van der Waals surface area contributed by atoms with E-state index in [1.165, 1.54) is 4.90 Å². The number of carbonyl (C=O) groups excluding carboxylic acids is 1. The van der Waals surface area contributed by atoms with Crippen LogP contribution in [0.4, 0.5) is 13.2 Å². The van der Waals surface area contributed by atoms with Crippen molar-refractivity contribution in [1.82, 2.24) is 15.1 Å². The fraction of sp³-hybridized carbons (Fsp3) is 0.733. The monoisotopic (exact) mass is 347 g/mol. The van der Waals surface area contributed by atoms with Crippen LogP contribution in [0.1, 0.15) is 42.4 Å². The van der Waals surface area contributed by atoms with E-state index in [4.69, 9.17) is 4.74 Å². The van der Waals surface area contributed by atoms with Gasteiger partial charge < -0.3 is 14.7 Å². The van der Waals surface area contributed by atoms with Gasteiger partial charge in [0.15, 0.2) is 5.69 Å². The number of ether oxygens (including phenoxy) is 1. The minimum Gasteiger partial charge on any atom is -0.392 e. The first-order valence-corrected chi connectivity index (χ1v) is 7.99. The summed E-state index contributed by atoms with van der Waals surface area (Å²) in [5.74, 6) is -0.529. The lowest BCUT2D eigenvalue weighted by Gasteiger charge is -2.56. The number of halogens is 3. The van der Waals surface area contributed by atoms with Gasteiger partial charge in [0.25, 0.3) is 5.91 Å². The maximum atomic E-state index is 12.6. The number of H-pyrrole nitrogens is 1. The Kier molecular flexibility index (Phi) is 4.33. The van der Waals surface area contributed by atoms with Crippen molar-refractivity contribution < 1.29 is 27.8 Å². The predicted molar refractivity (Wildman–Crippen MR) is 77.2 cm³/mol. The van der Waals surface area contributed by atoms with Gasteiger partial charge in [-0.2, -0.15) is 18.3 Å². The van der Waals surface area contributed by atoms with Gasteiger partial charge in [0.05, 0.1) is 12.2 Å². The van der Waals surface area contributed by atoms with Gasteiger partial charge >= 0.3 is 6.18 Å². The quantitative estimate of drug-likeness (QED) is 0.874. The summed E-state index contributed by atoms with van der Waals surface area (Å²) >= 11 is 0. The maximum absolute atomic E-state index is 12.6. The van der Waals surface area contributed by atoms with Gasteiger partial charge in [-0.15, -0.1) is 0 Å². The maximum Gasteiger partial charge on any atom is 0.432 e. The van der Waals surface area contributed by atoms with E-state index >= 15 is 0 Å². The number of hydrogen-bond acceptors (Lipinski definition) is 4. The highest BCUT2D eigenvalue weighted by Gasteiger charge is 2.56. The number of aliphatic hydroxyl groups is 1. The molecule has 1 aromatic rings. The standard InChI is InChI=1S/C15H20F3N3O3/c1-2-24-12-8-11(22)14(12)3-5-21(6-4-14)13(23)9-7-10(20-19-9)15(16,17)18/h7,11-12,22H,2-6,8H2,1H3,(H,19,20)/t11-,12+/m0/s1. The van der Waals surface area contributed by atoms with Crippen molar-refractivity contribution in [3.05, 3.63) is 17.5 Å². The molecular formula is C15H20F3N3O3. The SMILES string of the molecule is CCO[C@@H]1C[C@H](O)C12CCN(C(=O)c1cc(C(F)(F)F)[nH]n1)CC2. The number of carbonyl (C=O) groups is 1. The molecule has 24 heavy (non-hydrogen) atoms. The molecule has 1 saturated carbocycles. The van der Waals surface area contributed by atoms with E-state index in [0.29, 0.717) is 39.0 Å². The molecule has 0 aromatic carbocycles. The molecule has 0 radical (unpaired) electrons. The summed E-state index contributed by atoms with van der Waals surface area (Å²) in [7, 11) is 0. The Morgan fingerprint density at radius 2 is 2.17 bits per heavy atom. The van der Waals surface area contributed by atoms with Crippen molar-refractivity contribution in [3.8, 4) is 0 Å². The van der Waals surface area contributed by atoms with Crippen LogP contribution in [0.3, 0.4) is 0 Å². The topological polar surface area (TPSA) is 78.5 Å². The molecule has 1 aliphatic heterocycles. The molecule has 6 nitrogen and oxygen atoms in total. The molecule has 2 aliphatic rings. The Bertz CT molecular complexity index is 607. The highest BCUT2D eigenvalue weighted by molar-refractivity contribution is 5.92. The predicted octanol–water partition coefficient (Wildman–Crippen LogP) is 1.82. The second-order valence-corrected chi connectivity index (χ2v) is 6.39. The number of aromatic nitrogens is 2. The Balaban J connectivity index is 1.64. The Morgan fingerprint density at radius 1 is 1.50 bits per heavy atom. The highest BCUT2D eigenvalue weighted by Crippen LogP contribution is 2.51. The normalized spacial score (nSPS) is 26.5. The third-order valence-corrected chi connectivity index (χ3v) is 5.19. The van der Waals surface area contributed by atoms with Crippen LogP contribution >= 0.6 is 0 Å². The number of rotatable bonds is 3. The Hall–Kier alpha value is -1.61. The van der Waals surface area contributed by atoms with E-state index in [9.17, 15) is 23.1 Å². The first-order valence-electron chi connectivity index (χ1n) is 7.99. The molecule has 2 atom stereocenters. The number of alkyl halides is 3. The molecule has 3 rings (SSSR count). The number of amides is 1. The molecule has 1 spiro atoms. The molecule has 2 N–H and O–H groups in total. The summed E-state index contributed by atoms with van der Waals surface area (Å²) in [5.41, 5.74) is -1.62. The van der Waals surface area contributed by atoms with Crippen molar-refractivity contribution in [3.63, 3.8) is 0 Å². The number of hydrogen-bond donors (Lipinski definition) is 2. The van der Waals surface area contributed by atoms with E-state index < -0.39 is 23.9 Å². The minimum atomic E-state index is -4.56. The third-order valence-electron chi connectivity index (χ3n) is 5.19. The summed E-state index contributed by atoms with van der Waals surface area (Å²) in [5, 5.41) is 15.5. The van der Waals surface area contributed by atoms with Crippen molar-refractivity contribution >= 4 is 5.91 Å². The van der Waals surface area contributed by atoms with Crippen LogP contribution in [0.5, 0.6) is 0 Å². The average Bonchev–Trinajstić information content (AvgIpc) is 3.04. The highest BCUT2D eigenvalue weighted by atomic mass is 19.4. The number of nitrogens with one attached hydrogen (secondary N) is 1. The van der Waals surface area contributed by atoms with Crippen molar-refractivity contribution in [2.45, 2.75) is 44.6 Å². The summed E-state index contributed by atoms with van der Waals surface area (Å²) in [6.07, 6.45) is -3.29. The van der Waals surface area contributed by atoms with Crippen LogP contribution in [0.15, 0.2) is 6.07 Å². The smallest absolute Gasteiger partial charge is 0.392 e. The van der Waals surface area contributed by atoms with Crippen LogP contribution in [0, 0.1) is 5.41 Å². The molecular weight excluding hydrogens is 327 g/mol. The lowest BCUT2D eigenvalue weighted by molar-refractivity contribution is -0.207. The number of piperidine rings is 1. The fourth-order valence-electron chi connectivity index (χ4n) is 3.68. The second kappa shape index (κ2) is 6.03. The molecule has 1 saturated heterocycles. The van der Waals surface area contributed by atoms with Gasteiger partial charge in [-0.1, -0.05) is 0 Å². The van der Waals surface area contributed by atoms with E-state index in [2.05, 4.69) is 5.10 Å². The molecule has 1 amide bonds. The van der Waals surface area contributed by atoms with E-state index in [1.807, 2.05) is 12.0 Å². The molecule has 0 unspecified atom stereocenters. The van der Waals surface area contributed by atoms with Crippen LogP contribution in [-0.4, -0.2) is 58.0 Å². The fourth-order valence-corrected chi connectivity index (χ4v) is 3.68. The zero-order valence-electron chi connectivity index (χ0n) is 13.3. The lowest BCUT2D eigenvalue weighted by Crippen LogP contribution is -2.62. The third kappa shape index (κ3) is 2.79. The Labute approximate surface area is 137 Å². The molecule has 1 aromatic heterocycles. The summed E-state index contributed by atoms with van der Waals surface area (Å²) in [6, 6.07) is 0.730. The van der Waals surface area contributed by atoms with Gasteiger partial charge in [-0.25, -0.2) is 0 Å². The molecule has 1 aliphatic carbocycles. The summed E-state index contributed by atoms with van der Waals surface area (Å²) < 4.78 is 43.4. The van der Waals surface area contributed by atoms with Crippen molar-refractivity contribution in [2.75, 3.05) is 19.7 Å². The largest absolute Gasteiger partial charge is 0.432 e. The van der Waals surface area contributed by atoms with E-state index in [0.717, 1.165) is 6.07 Å². The molecule has 134 valence electrons. The van der Waals surface area contributed by atoms with Crippen molar-refractivity contribution in [2.24, 2.45) is 5.41 Å². The average molecular weight is 347 g/mol. The summed E-state index contributed by atoms with van der Waals surface area (Å²) in [4.78, 5) is 13.8. The van der Waals surface area contributed by atoms with Crippen LogP contribution in [0.2, 0.25) is 0 Å². The zero-order valence-corrected chi connectivity index (χ0v) is 13.3. The first-order chi connectivity index (χ1) is 11.3. The number of aliphatic hydroxyl groups excluding tert-OH is 1. The molecule has 2 fully saturated rings. The molecule has 2 heterocycles. The van der Waals surface area contributed by atoms with Gasteiger partial charge in [-0.05, 0) is 19.8 Å². The minimum absolute atomic E-state index is 0.0167. The number of likely N-dealkylation sites (tertiary alicyclic amines) is 1. The van der Waals surface area contributed by atoms with Crippen LogP contribution in [0.25, 0.3) is 0 Å².